The zero-order chi connectivity index (χ0) is 18.0. The molecule has 0 radical (unpaired) electrons. The molecular weight excluding hydrogens is 342 g/mol. The molecule has 0 bridgehead atoms. The highest BCUT2D eigenvalue weighted by Crippen LogP contribution is 2.33. The minimum atomic E-state index is -0.508. The first-order valence-corrected chi connectivity index (χ1v) is 8.63. The number of rotatable bonds is 4. The van der Waals surface area contributed by atoms with Gasteiger partial charge in [-0.1, -0.05) is 23.7 Å². The zero-order valence-electron chi connectivity index (χ0n) is 13.9. The van der Waals surface area contributed by atoms with E-state index in [1.807, 2.05) is 12.1 Å². The predicted octanol–water partition coefficient (Wildman–Crippen LogP) is 3.90. The van der Waals surface area contributed by atoms with Gasteiger partial charge in [0.2, 0.25) is 0 Å². The summed E-state index contributed by atoms with van der Waals surface area (Å²) >= 11 is 5.90. The van der Waals surface area contributed by atoms with Crippen LogP contribution >= 0.6 is 11.6 Å². The largest absolute Gasteiger partial charge is 0.388 e. The summed E-state index contributed by atoms with van der Waals surface area (Å²) in [5, 5.41) is 22.1. The van der Waals surface area contributed by atoms with Gasteiger partial charge >= 0.3 is 0 Å². The average molecular weight is 362 g/mol. The van der Waals surface area contributed by atoms with Crippen LogP contribution in [-0.2, 0) is 0 Å². The Balaban J connectivity index is 1.64. The number of aromatic nitrogens is 1. The highest BCUT2D eigenvalue weighted by atomic mass is 35.5. The van der Waals surface area contributed by atoms with E-state index in [0.29, 0.717) is 10.6 Å². The lowest BCUT2D eigenvalue weighted by Crippen LogP contribution is -2.36. The summed E-state index contributed by atoms with van der Waals surface area (Å²) in [6.45, 7) is 3.25. The van der Waals surface area contributed by atoms with Crippen LogP contribution in [0.3, 0.4) is 0 Å². The maximum absolute atomic E-state index is 10.9. The third-order valence-electron chi connectivity index (χ3n) is 4.79. The third-order valence-corrected chi connectivity index (χ3v) is 5.04. The van der Waals surface area contributed by atoms with Crippen LogP contribution in [0.5, 0.6) is 0 Å². The fourth-order valence-corrected chi connectivity index (χ4v) is 3.40. The molecule has 1 atom stereocenters. The number of benzene rings is 1. The van der Waals surface area contributed by atoms with Crippen molar-refractivity contribution >= 4 is 23.1 Å². The maximum Gasteiger partial charge on any atom is 0.290 e. The molecule has 25 heavy (non-hydrogen) atoms. The first-order chi connectivity index (χ1) is 12.0. The summed E-state index contributed by atoms with van der Waals surface area (Å²) in [6, 6.07) is 9.06. The van der Waals surface area contributed by atoms with E-state index in [9.17, 15) is 15.2 Å². The number of pyridine rings is 1. The first kappa shape index (κ1) is 17.6. The summed E-state index contributed by atoms with van der Waals surface area (Å²) in [6.07, 6.45) is 2.48. The van der Waals surface area contributed by atoms with Crippen LogP contribution < -0.4 is 4.90 Å². The fraction of sp³-hybridized carbons (Fsp3) is 0.389. The van der Waals surface area contributed by atoms with E-state index in [-0.39, 0.29) is 11.6 Å². The molecule has 1 N–H and O–H groups in total. The maximum atomic E-state index is 10.9. The van der Waals surface area contributed by atoms with Crippen LogP contribution in [0.1, 0.15) is 30.1 Å². The van der Waals surface area contributed by atoms with Crippen molar-refractivity contribution in [2.24, 2.45) is 5.92 Å². The molecule has 1 saturated heterocycles. The Morgan fingerprint density at radius 3 is 2.52 bits per heavy atom. The van der Waals surface area contributed by atoms with Gasteiger partial charge in [0.15, 0.2) is 0 Å². The van der Waals surface area contributed by atoms with Gasteiger partial charge in [0.1, 0.15) is 12.0 Å². The van der Waals surface area contributed by atoms with Gasteiger partial charge in [0.25, 0.3) is 5.69 Å². The number of nitrogens with zero attached hydrogens (tertiary/aromatic N) is 3. The van der Waals surface area contributed by atoms with Crippen LogP contribution in [-0.4, -0.2) is 28.1 Å². The summed E-state index contributed by atoms with van der Waals surface area (Å²) in [7, 11) is 0. The summed E-state index contributed by atoms with van der Waals surface area (Å²) < 4.78 is 0. The lowest BCUT2D eigenvalue weighted by Gasteiger charge is -2.35. The first-order valence-electron chi connectivity index (χ1n) is 8.25. The summed E-state index contributed by atoms with van der Waals surface area (Å²) in [5.74, 6) is 0.930. The van der Waals surface area contributed by atoms with Gasteiger partial charge in [-0.15, -0.1) is 0 Å². The molecule has 1 aliphatic rings. The van der Waals surface area contributed by atoms with Crippen molar-refractivity contribution in [1.29, 1.82) is 0 Å². The van der Waals surface area contributed by atoms with Crippen LogP contribution in [0.4, 0.5) is 11.5 Å². The Morgan fingerprint density at radius 2 is 1.96 bits per heavy atom. The Hall–Kier alpha value is -2.18. The number of hydrogen-bond donors (Lipinski definition) is 1. The number of aryl methyl sites for hydroxylation is 1. The van der Waals surface area contributed by atoms with Gasteiger partial charge < -0.3 is 10.0 Å². The normalized spacial score (nSPS) is 16.7. The molecule has 0 saturated carbocycles. The van der Waals surface area contributed by atoms with Crippen molar-refractivity contribution in [3.8, 4) is 0 Å². The molecule has 1 aromatic heterocycles. The Kier molecular flexibility index (Phi) is 5.20. The predicted molar refractivity (Wildman–Crippen MR) is 97.0 cm³/mol. The van der Waals surface area contributed by atoms with E-state index < -0.39 is 11.0 Å². The second-order valence-corrected chi connectivity index (χ2v) is 6.84. The SMILES string of the molecule is Cc1cc(N2CCC(C(O)c3ccc(Cl)cc3)CC2)ncc1[N+](=O)[O-]. The minimum absolute atomic E-state index is 0.0387. The molecule has 7 heteroatoms. The van der Waals surface area contributed by atoms with Crippen molar-refractivity contribution in [2.45, 2.75) is 25.9 Å². The molecule has 1 fully saturated rings. The molecule has 0 aliphatic carbocycles. The van der Waals surface area contributed by atoms with Crippen LogP contribution in [0.2, 0.25) is 5.02 Å². The number of aliphatic hydroxyl groups is 1. The summed E-state index contributed by atoms with van der Waals surface area (Å²) in [5.41, 5.74) is 1.53. The second-order valence-electron chi connectivity index (χ2n) is 6.41. The minimum Gasteiger partial charge on any atom is -0.388 e. The van der Waals surface area contributed by atoms with Gasteiger partial charge in [0, 0.05) is 23.7 Å². The monoisotopic (exact) mass is 361 g/mol. The second kappa shape index (κ2) is 7.37. The molecule has 0 amide bonds. The molecule has 132 valence electrons. The third kappa shape index (κ3) is 3.91. The van der Waals surface area contributed by atoms with Gasteiger partial charge in [-0.3, -0.25) is 10.1 Å². The molecule has 2 aromatic rings. The van der Waals surface area contributed by atoms with Crippen LogP contribution in [0.25, 0.3) is 0 Å². The van der Waals surface area contributed by atoms with Gasteiger partial charge in [-0.2, -0.15) is 0 Å². The number of piperidine rings is 1. The van der Waals surface area contributed by atoms with Crippen molar-refractivity contribution in [2.75, 3.05) is 18.0 Å². The lowest BCUT2D eigenvalue weighted by molar-refractivity contribution is -0.385. The molecule has 1 aliphatic heterocycles. The smallest absolute Gasteiger partial charge is 0.290 e. The quantitative estimate of drug-likeness (QED) is 0.659. The number of hydrogen-bond acceptors (Lipinski definition) is 5. The molecule has 2 heterocycles. The zero-order valence-corrected chi connectivity index (χ0v) is 14.7. The topological polar surface area (TPSA) is 79.5 Å². The van der Waals surface area contributed by atoms with Crippen molar-refractivity contribution in [3.05, 3.63) is 62.8 Å². The average Bonchev–Trinajstić information content (AvgIpc) is 2.61. The van der Waals surface area contributed by atoms with Crippen molar-refractivity contribution < 1.29 is 10.0 Å². The van der Waals surface area contributed by atoms with E-state index in [0.717, 1.165) is 37.3 Å². The number of nitro groups is 1. The molecule has 1 aromatic carbocycles. The Morgan fingerprint density at radius 1 is 1.32 bits per heavy atom. The number of halogens is 1. The Labute approximate surface area is 151 Å². The van der Waals surface area contributed by atoms with E-state index >= 15 is 0 Å². The van der Waals surface area contributed by atoms with E-state index in [1.165, 1.54) is 6.20 Å². The lowest BCUT2D eigenvalue weighted by atomic mass is 9.87. The van der Waals surface area contributed by atoms with E-state index in [1.54, 1.807) is 25.1 Å². The molecular formula is C18H20ClN3O3. The van der Waals surface area contributed by atoms with E-state index in [4.69, 9.17) is 11.6 Å². The van der Waals surface area contributed by atoms with Crippen molar-refractivity contribution in [1.82, 2.24) is 4.98 Å². The van der Waals surface area contributed by atoms with E-state index in [2.05, 4.69) is 9.88 Å². The Bertz CT molecular complexity index is 759. The summed E-state index contributed by atoms with van der Waals surface area (Å²) in [4.78, 5) is 16.8. The van der Waals surface area contributed by atoms with Gasteiger partial charge in [0.05, 0.1) is 11.0 Å². The van der Waals surface area contributed by atoms with Crippen molar-refractivity contribution in [3.63, 3.8) is 0 Å². The highest BCUT2D eigenvalue weighted by molar-refractivity contribution is 6.30. The van der Waals surface area contributed by atoms with Crippen LogP contribution in [0.15, 0.2) is 36.5 Å². The van der Waals surface area contributed by atoms with Crippen LogP contribution in [0, 0.1) is 23.0 Å². The standard InChI is InChI=1S/C18H20ClN3O3/c1-12-10-17(20-11-16(12)22(24)25)21-8-6-14(7-9-21)18(23)13-2-4-15(19)5-3-13/h2-5,10-11,14,18,23H,6-9H2,1H3. The molecule has 1 unspecified atom stereocenters. The number of aliphatic hydroxyl groups excluding tert-OH is 1. The molecule has 3 rings (SSSR count). The van der Waals surface area contributed by atoms with Gasteiger partial charge in [-0.05, 0) is 49.4 Å². The molecule has 0 spiro atoms. The highest BCUT2D eigenvalue weighted by Gasteiger charge is 2.27. The number of anilines is 1. The van der Waals surface area contributed by atoms with Gasteiger partial charge in [-0.25, -0.2) is 4.98 Å². The fourth-order valence-electron chi connectivity index (χ4n) is 3.27. The molecule has 6 nitrogen and oxygen atoms in total.